The molecule has 36 heavy (non-hydrogen) atoms. The summed E-state index contributed by atoms with van der Waals surface area (Å²) in [6, 6.07) is 6.67. The number of rotatable bonds is 8. The van der Waals surface area contributed by atoms with Crippen LogP contribution in [0.2, 0.25) is 5.02 Å². The monoisotopic (exact) mass is 531 g/mol. The minimum absolute atomic E-state index is 0.0581. The van der Waals surface area contributed by atoms with Gasteiger partial charge >= 0.3 is 12.0 Å². The zero-order chi connectivity index (χ0) is 25.6. The lowest BCUT2D eigenvalue weighted by atomic mass is 10.2. The van der Waals surface area contributed by atoms with Gasteiger partial charge in [-0.05, 0) is 37.1 Å². The summed E-state index contributed by atoms with van der Waals surface area (Å²) in [6.45, 7) is 0.609. The van der Waals surface area contributed by atoms with Gasteiger partial charge in [0.05, 0.1) is 34.5 Å². The smallest absolute Gasteiger partial charge is 0.338 e. The number of nitrogens with two attached hydrogens (primary N) is 1. The highest BCUT2D eigenvalue weighted by Gasteiger charge is 2.35. The van der Waals surface area contributed by atoms with Crippen molar-refractivity contribution in [1.29, 1.82) is 0 Å². The van der Waals surface area contributed by atoms with Crippen LogP contribution in [0, 0.1) is 11.6 Å². The molecule has 2 aromatic carbocycles. The molecular weight excluding hydrogens is 512 g/mol. The van der Waals surface area contributed by atoms with Crippen LogP contribution in [-0.2, 0) is 6.54 Å². The van der Waals surface area contributed by atoms with Crippen LogP contribution in [0.25, 0.3) is 16.6 Å². The van der Waals surface area contributed by atoms with Gasteiger partial charge in [0.15, 0.2) is 11.6 Å². The number of aromatic nitrogens is 3. The number of carbonyl (C=O) groups is 2. The van der Waals surface area contributed by atoms with Crippen LogP contribution >= 0.6 is 23.4 Å². The van der Waals surface area contributed by atoms with Crippen LogP contribution < -0.4 is 11.1 Å². The Morgan fingerprint density at radius 1 is 1.22 bits per heavy atom. The number of nitrogens with one attached hydrogen (secondary N) is 1. The zero-order valence-electron chi connectivity index (χ0n) is 18.7. The molecule has 1 aliphatic rings. The molecule has 8 nitrogen and oxygen atoms in total. The van der Waals surface area contributed by atoms with Crippen LogP contribution in [0.15, 0.2) is 52.5 Å². The maximum atomic E-state index is 15.5. The summed E-state index contributed by atoms with van der Waals surface area (Å²) in [7, 11) is 0. The molecule has 4 aromatic rings. The van der Waals surface area contributed by atoms with Crippen LogP contribution in [-0.4, -0.2) is 38.0 Å². The molecular formula is C24H20ClF2N5O3S. The number of halogens is 3. The Morgan fingerprint density at radius 3 is 2.69 bits per heavy atom. The quantitative estimate of drug-likeness (QED) is 0.291. The number of carboxylic acid groups (broad SMARTS) is 1. The topological polar surface area (TPSA) is 115 Å². The first-order chi connectivity index (χ1) is 17.3. The molecule has 0 radical (unpaired) electrons. The number of benzene rings is 2. The van der Waals surface area contributed by atoms with Crippen molar-refractivity contribution in [2.24, 2.45) is 5.73 Å². The molecule has 2 aromatic heterocycles. The first-order valence-corrected chi connectivity index (χ1v) is 12.2. The molecule has 4 N–H and O–H groups in total. The number of urea groups is 1. The van der Waals surface area contributed by atoms with E-state index >= 15 is 8.78 Å². The SMILES string of the molecule is NC(=O)NCCn1cc(-n2c(C3CC3)c(Sc3cccc(C(=O)O)c3F)c3ccc(Cl)c(F)c32)cn1. The molecule has 12 heteroatoms. The van der Waals surface area contributed by atoms with Crippen molar-refractivity contribution in [3.63, 3.8) is 0 Å². The van der Waals surface area contributed by atoms with Gasteiger partial charge in [0, 0.05) is 39.5 Å². The molecule has 0 unspecified atom stereocenters. The molecule has 1 aliphatic carbocycles. The Hall–Kier alpha value is -3.57. The van der Waals surface area contributed by atoms with E-state index in [0.29, 0.717) is 22.5 Å². The lowest BCUT2D eigenvalue weighted by Gasteiger charge is -2.11. The highest BCUT2D eigenvalue weighted by molar-refractivity contribution is 7.99. The Kier molecular flexibility index (Phi) is 6.35. The highest BCUT2D eigenvalue weighted by Crippen LogP contribution is 2.51. The van der Waals surface area contributed by atoms with E-state index < -0.39 is 29.2 Å². The fourth-order valence-electron chi connectivity index (χ4n) is 4.15. The fraction of sp³-hybridized carbons (Fsp3) is 0.208. The van der Waals surface area contributed by atoms with Crippen molar-refractivity contribution < 1.29 is 23.5 Å². The minimum Gasteiger partial charge on any atom is -0.478 e. The van der Waals surface area contributed by atoms with Gasteiger partial charge in [0.2, 0.25) is 0 Å². The number of fused-ring (bicyclic) bond motifs is 1. The fourth-order valence-corrected chi connectivity index (χ4v) is 5.51. The summed E-state index contributed by atoms with van der Waals surface area (Å²) in [5.41, 5.74) is 6.27. The van der Waals surface area contributed by atoms with Gasteiger partial charge in [-0.2, -0.15) is 5.10 Å². The predicted molar refractivity (Wildman–Crippen MR) is 131 cm³/mol. The molecule has 5 rings (SSSR count). The van der Waals surface area contributed by atoms with Crippen molar-refractivity contribution >= 4 is 46.3 Å². The van der Waals surface area contributed by atoms with Crippen molar-refractivity contribution in [2.75, 3.05) is 6.54 Å². The number of primary amides is 1. The van der Waals surface area contributed by atoms with Gasteiger partial charge in [-0.3, -0.25) is 4.68 Å². The maximum absolute atomic E-state index is 15.5. The molecule has 0 atom stereocenters. The van der Waals surface area contributed by atoms with E-state index in [2.05, 4.69) is 10.4 Å². The van der Waals surface area contributed by atoms with Gasteiger partial charge in [0.1, 0.15) is 0 Å². The van der Waals surface area contributed by atoms with Crippen molar-refractivity contribution in [2.45, 2.75) is 35.1 Å². The lowest BCUT2D eigenvalue weighted by molar-refractivity contribution is 0.0691. The Balaban J connectivity index is 1.67. The second-order valence-corrected chi connectivity index (χ2v) is 9.82. The van der Waals surface area contributed by atoms with Gasteiger partial charge in [-0.15, -0.1) is 0 Å². The summed E-state index contributed by atoms with van der Waals surface area (Å²) in [4.78, 5) is 23.2. The molecule has 1 saturated carbocycles. The number of nitrogens with zero attached hydrogens (tertiary/aromatic N) is 3. The van der Waals surface area contributed by atoms with E-state index in [-0.39, 0.29) is 27.9 Å². The molecule has 1 fully saturated rings. The van der Waals surface area contributed by atoms with E-state index in [9.17, 15) is 14.7 Å². The van der Waals surface area contributed by atoms with Gasteiger partial charge in [-0.25, -0.2) is 18.4 Å². The van der Waals surface area contributed by atoms with Gasteiger partial charge in [-0.1, -0.05) is 29.4 Å². The Labute approximate surface area is 213 Å². The number of amides is 2. The number of hydrogen-bond acceptors (Lipinski definition) is 4. The third kappa shape index (κ3) is 4.40. The highest BCUT2D eigenvalue weighted by atomic mass is 35.5. The van der Waals surface area contributed by atoms with E-state index in [0.717, 1.165) is 30.3 Å². The maximum Gasteiger partial charge on any atom is 0.338 e. The first kappa shape index (κ1) is 24.1. The van der Waals surface area contributed by atoms with Gasteiger partial charge in [0.25, 0.3) is 0 Å². The number of carbonyl (C=O) groups excluding carboxylic acids is 1. The minimum atomic E-state index is -1.36. The van der Waals surface area contributed by atoms with E-state index in [1.165, 1.54) is 24.3 Å². The molecule has 0 spiro atoms. The van der Waals surface area contributed by atoms with Crippen molar-refractivity contribution in [3.8, 4) is 5.69 Å². The standard InChI is InChI=1S/C24H20ClF2N5O3S/c25-16-7-6-15-21(19(16)27)32(13-10-30-31(11-13)9-8-29-24(28)35)20(12-4-5-12)22(15)36-17-3-1-2-14(18(17)26)23(33)34/h1-3,6-7,10-12H,4-5,8-9H2,(H,33,34)(H3,28,29,35). The summed E-state index contributed by atoms with van der Waals surface area (Å²) >= 11 is 7.22. The number of carboxylic acids is 1. The van der Waals surface area contributed by atoms with Crippen LogP contribution in [0.5, 0.6) is 0 Å². The number of aromatic carboxylic acids is 1. The number of hydrogen-bond donors (Lipinski definition) is 3. The van der Waals surface area contributed by atoms with Crippen LogP contribution in [0.4, 0.5) is 13.6 Å². The lowest BCUT2D eigenvalue weighted by Crippen LogP contribution is -2.32. The van der Waals surface area contributed by atoms with E-state index in [1.54, 1.807) is 27.7 Å². The molecule has 2 amide bonds. The summed E-state index contributed by atoms with van der Waals surface area (Å²) in [5, 5.41) is 16.6. The van der Waals surface area contributed by atoms with Crippen LogP contribution in [0.3, 0.4) is 0 Å². The van der Waals surface area contributed by atoms with E-state index in [1.807, 2.05) is 0 Å². The van der Waals surface area contributed by atoms with E-state index in [4.69, 9.17) is 17.3 Å². The third-order valence-electron chi connectivity index (χ3n) is 5.90. The zero-order valence-corrected chi connectivity index (χ0v) is 20.2. The molecule has 0 saturated heterocycles. The Bertz CT molecular complexity index is 1520. The normalized spacial score (nSPS) is 13.3. The first-order valence-electron chi connectivity index (χ1n) is 11.0. The largest absolute Gasteiger partial charge is 0.478 e. The molecule has 0 aliphatic heterocycles. The predicted octanol–water partition coefficient (Wildman–Crippen LogP) is 5.15. The molecule has 0 bridgehead atoms. The second kappa shape index (κ2) is 9.47. The van der Waals surface area contributed by atoms with Crippen molar-refractivity contribution in [3.05, 3.63) is 70.6 Å². The average molecular weight is 532 g/mol. The summed E-state index contributed by atoms with van der Waals surface area (Å²) in [6.07, 6.45) is 5.03. The second-order valence-electron chi connectivity index (χ2n) is 8.36. The molecule has 2 heterocycles. The van der Waals surface area contributed by atoms with Gasteiger partial charge < -0.3 is 20.7 Å². The third-order valence-corrected chi connectivity index (χ3v) is 7.36. The summed E-state index contributed by atoms with van der Waals surface area (Å²) in [5.74, 6) is -2.73. The average Bonchev–Trinajstić information content (AvgIpc) is 3.47. The molecule has 186 valence electrons. The Morgan fingerprint density at radius 2 is 2.00 bits per heavy atom. The van der Waals surface area contributed by atoms with Crippen LogP contribution in [0.1, 0.15) is 34.8 Å². The van der Waals surface area contributed by atoms with Crippen molar-refractivity contribution in [1.82, 2.24) is 19.7 Å². The summed E-state index contributed by atoms with van der Waals surface area (Å²) < 4.78 is 33.9.